The SMILES string of the molecule is CC1CCC(C(C)C)C(OCC(=O)N(C2CCCC2)C2CC(C(=O)NCCO)=CC(Oc3ccccc3I)C2O)C1. The van der Waals surface area contributed by atoms with E-state index in [-0.39, 0.29) is 50.1 Å². The van der Waals surface area contributed by atoms with Gasteiger partial charge in [0.1, 0.15) is 24.6 Å². The maximum atomic E-state index is 14.0. The Labute approximate surface area is 258 Å². The highest BCUT2D eigenvalue weighted by Gasteiger charge is 2.44. The molecule has 3 aliphatic rings. The number of nitrogens with one attached hydrogen (secondary N) is 1. The molecule has 0 saturated heterocycles. The lowest BCUT2D eigenvalue weighted by Gasteiger charge is -2.44. The molecule has 8 nitrogen and oxygen atoms in total. The van der Waals surface area contributed by atoms with Gasteiger partial charge in [0, 0.05) is 24.6 Å². The first-order valence-electron chi connectivity index (χ1n) is 15.3. The van der Waals surface area contributed by atoms with Crippen molar-refractivity contribution in [3.63, 3.8) is 0 Å². The average molecular weight is 683 g/mol. The zero-order valence-electron chi connectivity index (χ0n) is 24.6. The van der Waals surface area contributed by atoms with Crippen LogP contribution in [0.15, 0.2) is 35.9 Å². The number of halogens is 1. The normalized spacial score (nSPS) is 28.8. The molecule has 9 heteroatoms. The van der Waals surface area contributed by atoms with Gasteiger partial charge < -0.3 is 29.9 Å². The lowest BCUT2D eigenvalue weighted by atomic mass is 9.75. The van der Waals surface area contributed by atoms with Crippen LogP contribution in [0.1, 0.15) is 72.1 Å². The standard InChI is InChI=1S/C32H47IN2O6/c1-20(2)24-13-12-21(3)16-28(24)40-19-30(37)35(23-8-4-5-9-23)26-17-22(32(39)34-14-15-36)18-29(31(26)38)41-27-11-7-6-10-25(27)33/h6-7,10-11,18,20-21,23-24,26,28-29,31,36,38H,4-5,8-9,12-17,19H2,1-3H3,(H,34,39). The van der Waals surface area contributed by atoms with Crippen LogP contribution >= 0.6 is 22.6 Å². The fraction of sp³-hybridized carbons (Fsp3) is 0.688. The van der Waals surface area contributed by atoms with Gasteiger partial charge in [-0.1, -0.05) is 52.2 Å². The molecular weight excluding hydrogens is 635 g/mol. The number of nitrogens with zero attached hydrogens (tertiary/aromatic N) is 1. The average Bonchev–Trinajstić information content (AvgIpc) is 3.48. The largest absolute Gasteiger partial charge is 0.482 e. The summed E-state index contributed by atoms with van der Waals surface area (Å²) in [7, 11) is 0. The molecule has 6 unspecified atom stereocenters. The molecule has 228 valence electrons. The van der Waals surface area contributed by atoms with Gasteiger partial charge >= 0.3 is 0 Å². The Hall–Kier alpha value is -1.69. The van der Waals surface area contributed by atoms with Gasteiger partial charge in [0.15, 0.2) is 0 Å². The summed E-state index contributed by atoms with van der Waals surface area (Å²) in [6, 6.07) is 6.88. The maximum absolute atomic E-state index is 14.0. The summed E-state index contributed by atoms with van der Waals surface area (Å²) < 4.78 is 13.6. The van der Waals surface area contributed by atoms with Crippen LogP contribution in [0.5, 0.6) is 5.75 Å². The van der Waals surface area contributed by atoms with Crippen LogP contribution in [0.25, 0.3) is 0 Å². The number of carbonyl (C=O) groups excluding carboxylic acids is 2. The molecule has 2 fully saturated rings. The number of benzene rings is 1. The van der Waals surface area contributed by atoms with Gasteiger partial charge in [-0.25, -0.2) is 0 Å². The van der Waals surface area contributed by atoms with Crippen molar-refractivity contribution < 1.29 is 29.3 Å². The minimum absolute atomic E-state index is 0.0192. The highest BCUT2D eigenvalue weighted by Crippen LogP contribution is 2.37. The molecule has 2 amide bonds. The van der Waals surface area contributed by atoms with Crippen LogP contribution in [0.3, 0.4) is 0 Å². The fourth-order valence-electron chi connectivity index (χ4n) is 6.84. The van der Waals surface area contributed by atoms with Crippen molar-refractivity contribution in [2.45, 2.75) is 103 Å². The summed E-state index contributed by atoms with van der Waals surface area (Å²) in [6.07, 6.45) is 7.10. The Bertz CT molecular complexity index is 1060. The van der Waals surface area contributed by atoms with E-state index in [1.165, 1.54) is 6.42 Å². The molecule has 0 heterocycles. The van der Waals surface area contributed by atoms with Crippen molar-refractivity contribution in [2.24, 2.45) is 17.8 Å². The molecule has 0 spiro atoms. The van der Waals surface area contributed by atoms with Crippen LogP contribution in [0.2, 0.25) is 0 Å². The monoisotopic (exact) mass is 682 g/mol. The van der Waals surface area contributed by atoms with Crippen molar-refractivity contribution in [1.29, 1.82) is 0 Å². The lowest BCUT2D eigenvalue weighted by molar-refractivity contribution is -0.151. The number of ether oxygens (including phenoxy) is 2. The topological polar surface area (TPSA) is 108 Å². The molecular formula is C32H47IN2O6. The number of hydrogen-bond acceptors (Lipinski definition) is 6. The molecule has 1 aromatic rings. The third-order valence-electron chi connectivity index (χ3n) is 9.06. The van der Waals surface area contributed by atoms with Crippen molar-refractivity contribution in [3.8, 4) is 5.75 Å². The molecule has 0 bridgehead atoms. The van der Waals surface area contributed by atoms with Gasteiger partial charge in [-0.2, -0.15) is 0 Å². The van der Waals surface area contributed by atoms with Crippen LogP contribution in [0, 0.1) is 21.3 Å². The number of para-hydroxylation sites is 1. The van der Waals surface area contributed by atoms with E-state index in [1.54, 1.807) is 6.08 Å². The highest BCUT2D eigenvalue weighted by molar-refractivity contribution is 14.1. The summed E-state index contributed by atoms with van der Waals surface area (Å²) >= 11 is 2.18. The summed E-state index contributed by atoms with van der Waals surface area (Å²) in [5.74, 6) is 1.63. The molecule has 6 atom stereocenters. The Balaban J connectivity index is 1.59. The first-order chi connectivity index (χ1) is 19.7. The zero-order chi connectivity index (χ0) is 29.5. The molecule has 0 aromatic heterocycles. The summed E-state index contributed by atoms with van der Waals surface area (Å²) in [6.45, 7) is 6.63. The van der Waals surface area contributed by atoms with E-state index in [1.807, 2.05) is 29.2 Å². The number of amides is 2. The maximum Gasteiger partial charge on any atom is 0.249 e. The Morgan fingerprint density at radius 3 is 2.56 bits per heavy atom. The first kappa shape index (κ1) is 32.2. The second-order valence-corrected chi connectivity index (χ2v) is 13.5. The van der Waals surface area contributed by atoms with Gasteiger partial charge in [-0.3, -0.25) is 9.59 Å². The van der Waals surface area contributed by atoms with Crippen LogP contribution in [-0.2, 0) is 14.3 Å². The molecule has 3 N–H and O–H groups in total. The van der Waals surface area contributed by atoms with Gasteiger partial charge in [-0.15, -0.1) is 0 Å². The first-order valence-corrected chi connectivity index (χ1v) is 16.4. The number of rotatable bonds is 11. The minimum Gasteiger partial charge on any atom is -0.482 e. The van der Waals surface area contributed by atoms with Gasteiger partial charge in [0.2, 0.25) is 11.8 Å². The van der Waals surface area contributed by atoms with E-state index in [4.69, 9.17) is 9.47 Å². The van der Waals surface area contributed by atoms with E-state index in [9.17, 15) is 19.8 Å². The highest BCUT2D eigenvalue weighted by atomic mass is 127. The second kappa shape index (κ2) is 15.2. The van der Waals surface area contributed by atoms with Gasteiger partial charge in [0.25, 0.3) is 0 Å². The molecule has 0 aliphatic heterocycles. The van der Waals surface area contributed by atoms with Crippen molar-refractivity contribution in [2.75, 3.05) is 19.8 Å². The van der Waals surface area contributed by atoms with Gasteiger partial charge in [0.05, 0.1) is 22.3 Å². The molecule has 1 aromatic carbocycles. The smallest absolute Gasteiger partial charge is 0.249 e. The predicted octanol–water partition coefficient (Wildman–Crippen LogP) is 4.46. The summed E-state index contributed by atoms with van der Waals surface area (Å²) in [4.78, 5) is 29.0. The third-order valence-corrected chi connectivity index (χ3v) is 9.95. The molecule has 2 saturated carbocycles. The predicted molar refractivity (Wildman–Crippen MR) is 166 cm³/mol. The van der Waals surface area contributed by atoms with E-state index < -0.39 is 18.2 Å². The number of aliphatic hydroxyl groups excluding tert-OH is 2. The number of carbonyl (C=O) groups is 2. The van der Waals surface area contributed by atoms with Crippen molar-refractivity contribution >= 4 is 34.4 Å². The molecule has 4 rings (SSSR count). The Morgan fingerprint density at radius 2 is 1.88 bits per heavy atom. The number of hydrogen-bond donors (Lipinski definition) is 3. The molecule has 0 radical (unpaired) electrons. The molecule has 41 heavy (non-hydrogen) atoms. The summed E-state index contributed by atoms with van der Waals surface area (Å²) in [5.41, 5.74) is 0.447. The Morgan fingerprint density at radius 1 is 1.15 bits per heavy atom. The Kier molecular flexibility index (Phi) is 11.9. The van der Waals surface area contributed by atoms with Crippen LogP contribution in [-0.4, -0.2) is 77.1 Å². The quantitative estimate of drug-likeness (QED) is 0.298. The van der Waals surface area contributed by atoms with Crippen LogP contribution < -0.4 is 10.1 Å². The fourth-order valence-corrected chi connectivity index (χ4v) is 7.35. The second-order valence-electron chi connectivity index (χ2n) is 12.4. The third kappa shape index (κ3) is 8.24. The van der Waals surface area contributed by atoms with Crippen molar-refractivity contribution in [1.82, 2.24) is 10.2 Å². The van der Waals surface area contributed by atoms with E-state index in [0.29, 0.717) is 29.1 Å². The van der Waals surface area contributed by atoms with E-state index in [2.05, 4.69) is 48.7 Å². The van der Waals surface area contributed by atoms with Crippen LogP contribution in [0.4, 0.5) is 0 Å². The number of aliphatic hydroxyl groups is 2. The van der Waals surface area contributed by atoms with E-state index >= 15 is 0 Å². The van der Waals surface area contributed by atoms with E-state index in [0.717, 1.165) is 42.1 Å². The minimum atomic E-state index is -1.02. The van der Waals surface area contributed by atoms with Gasteiger partial charge in [-0.05, 0) is 84.2 Å². The van der Waals surface area contributed by atoms with Crippen molar-refractivity contribution in [3.05, 3.63) is 39.5 Å². The zero-order valence-corrected chi connectivity index (χ0v) is 26.8. The summed E-state index contributed by atoms with van der Waals surface area (Å²) in [5, 5.41) is 23.7. The lowest BCUT2D eigenvalue weighted by Crippen LogP contribution is -2.58. The molecule has 3 aliphatic carbocycles.